The van der Waals surface area contributed by atoms with Gasteiger partial charge in [0.05, 0.1) is 12.9 Å². The number of carbonyl (C=O) groups excluding carboxylic acids is 3. The summed E-state index contributed by atoms with van der Waals surface area (Å²) in [4.78, 5) is 39.5. The Hall–Kier alpha value is -2.65. The van der Waals surface area contributed by atoms with Gasteiger partial charge >= 0.3 is 5.97 Å². The van der Waals surface area contributed by atoms with Crippen LogP contribution in [0, 0.1) is 0 Å². The van der Waals surface area contributed by atoms with E-state index in [4.69, 9.17) is 9.15 Å². The fraction of sp³-hybridized carbons (Fsp3) is 0.421. The molecule has 0 spiro atoms. The molecule has 28 heavy (non-hydrogen) atoms. The van der Waals surface area contributed by atoms with Crippen molar-refractivity contribution in [3.8, 4) is 0 Å². The summed E-state index contributed by atoms with van der Waals surface area (Å²) in [6.07, 6.45) is 1.71. The molecule has 2 aliphatic heterocycles. The first-order valence-corrected chi connectivity index (χ1v) is 10.1. The Labute approximate surface area is 166 Å². The molecule has 2 aromatic rings. The molecule has 1 fully saturated rings. The van der Waals surface area contributed by atoms with Gasteiger partial charge in [-0.25, -0.2) is 9.80 Å². The van der Waals surface area contributed by atoms with E-state index in [0.717, 1.165) is 10.6 Å². The molecule has 0 radical (unpaired) electrons. The third-order valence-corrected chi connectivity index (χ3v) is 5.88. The Bertz CT molecular complexity index is 870. The normalized spacial score (nSPS) is 20.2. The first-order valence-electron chi connectivity index (χ1n) is 9.22. The average molecular weight is 403 g/mol. The van der Waals surface area contributed by atoms with E-state index in [9.17, 15) is 14.4 Å². The van der Waals surface area contributed by atoms with Gasteiger partial charge in [-0.2, -0.15) is 0 Å². The van der Waals surface area contributed by atoms with Crippen LogP contribution < -0.4 is 5.01 Å². The summed E-state index contributed by atoms with van der Waals surface area (Å²) in [5.41, 5.74) is 0.921. The third-order valence-electron chi connectivity index (χ3n) is 4.94. The number of Topliss-reactive ketones (excluding diaryl/α,β-unsaturated/α-hetero) is 1. The molecular weight excluding hydrogens is 382 g/mol. The number of rotatable bonds is 4. The zero-order valence-corrected chi connectivity index (χ0v) is 16.3. The zero-order chi connectivity index (χ0) is 19.7. The van der Waals surface area contributed by atoms with Crippen LogP contribution in [0.5, 0.6) is 0 Å². The van der Waals surface area contributed by atoms with Gasteiger partial charge in [0.15, 0.2) is 11.5 Å². The maximum atomic E-state index is 12.7. The van der Waals surface area contributed by atoms with Gasteiger partial charge < -0.3 is 14.1 Å². The van der Waals surface area contributed by atoms with Crippen LogP contribution in [0.2, 0.25) is 0 Å². The van der Waals surface area contributed by atoms with Crippen molar-refractivity contribution < 1.29 is 23.5 Å². The maximum absolute atomic E-state index is 12.7. The number of hydrazine groups is 1. The van der Waals surface area contributed by atoms with Crippen molar-refractivity contribution in [1.29, 1.82) is 0 Å². The second-order valence-electron chi connectivity index (χ2n) is 6.62. The fourth-order valence-corrected chi connectivity index (χ4v) is 4.60. The second-order valence-corrected chi connectivity index (χ2v) is 7.51. The van der Waals surface area contributed by atoms with E-state index >= 15 is 0 Å². The molecule has 1 amide bonds. The van der Waals surface area contributed by atoms with E-state index in [1.165, 1.54) is 17.6 Å². The highest BCUT2D eigenvalue weighted by molar-refractivity contribution is 7.14. The second kappa shape index (κ2) is 7.76. The molecule has 2 aliphatic rings. The SMILES string of the molecule is CCOC(=O)C1C(=O)Cc2ccsc2N1N1CCN(C(=O)c2ccco2)CC1. The monoisotopic (exact) mass is 403 g/mol. The summed E-state index contributed by atoms with van der Waals surface area (Å²) in [6, 6.07) is 4.28. The molecule has 4 rings (SSSR count). The topological polar surface area (TPSA) is 83.3 Å². The number of fused-ring (bicyclic) bond motifs is 1. The summed E-state index contributed by atoms with van der Waals surface area (Å²) in [7, 11) is 0. The van der Waals surface area contributed by atoms with Crippen molar-refractivity contribution in [2.75, 3.05) is 37.8 Å². The van der Waals surface area contributed by atoms with Gasteiger partial charge in [-0.3, -0.25) is 14.6 Å². The Morgan fingerprint density at radius 1 is 1.25 bits per heavy atom. The number of hydrogen-bond acceptors (Lipinski definition) is 8. The summed E-state index contributed by atoms with van der Waals surface area (Å²) >= 11 is 1.50. The van der Waals surface area contributed by atoms with Gasteiger partial charge in [0, 0.05) is 32.6 Å². The van der Waals surface area contributed by atoms with Crippen LogP contribution in [-0.4, -0.2) is 66.4 Å². The maximum Gasteiger partial charge on any atom is 0.338 e. The van der Waals surface area contributed by atoms with E-state index in [0.29, 0.717) is 31.9 Å². The Balaban J connectivity index is 1.54. The molecule has 9 heteroatoms. The van der Waals surface area contributed by atoms with E-state index in [2.05, 4.69) is 0 Å². The molecule has 0 aromatic carbocycles. The molecular formula is C19H21N3O5S. The van der Waals surface area contributed by atoms with Gasteiger partial charge in [-0.1, -0.05) is 0 Å². The lowest BCUT2D eigenvalue weighted by Gasteiger charge is -2.45. The number of anilines is 1. The Morgan fingerprint density at radius 3 is 2.71 bits per heavy atom. The molecule has 1 unspecified atom stereocenters. The van der Waals surface area contributed by atoms with E-state index < -0.39 is 12.0 Å². The van der Waals surface area contributed by atoms with Crippen LogP contribution in [0.15, 0.2) is 34.3 Å². The molecule has 8 nitrogen and oxygen atoms in total. The van der Waals surface area contributed by atoms with E-state index in [1.807, 2.05) is 16.5 Å². The number of esters is 1. The van der Waals surface area contributed by atoms with Gasteiger partial charge in [-0.15, -0.1) is 11.3 Å². The van der Waals surface area contributed by atoms with Gasteiger partial charge in [0.2, 0.25) is 6.04 Å². The van der Waals surface area contributed by atoms with Crippen LogP contribution in [0.1, 0.15) is 23.0 Å². The predicted octanol–water partition coefficient (Wildman–Crippen LogP) is 1.58. The molecule has 0 bridgehead atoms. The number of ether oxygens (including phenoxy) is 1. The van der Waals surface area contributed by atoms with Crippen molar-refractivity contribution in [2.45, 2.75) is 19.4 Å². The van der Waals surface area contributed by atoms with Gasteiger partial charge in [-0.05, 0) is 36.1 Å². The number of nitrogens with zero attached hydrogens (tertiary/aromatic N) is 3. The van der Waals surface area contributed by atoms with Crippen molar-refractivity contribution >= 4 is 34.0 Å². The minimum Gasteiger partial charge on any atom is -0.464 e. The third kappa shape index (κ3) is 3.31. The van der Waals surface area contributed by atoms with Crippen LogP contribution in [0.25, 0.3) is 0 Å². The van der Waals surface area contributed by atoms with E-state index in [1.54, 1.807) is 29.0 Å². The summed E-state index contributed by atoms with van der Waals surface area (Å²) in [5.74, 6) is -0.538. The molecule has 0 aliphatic carbocycles. The number of furan rings is 1. The number of piperazine rings is 1. The molecule has 0 saturated carbocycles. The number of ketones is 1. The summed E-state index contributed by atoms with van der Waals surface area (Å²) in [6.45, 7) is 3.91. The Kier molecular flexibility index (Phi) is 5.19. The van der Waals surface area contributed by atoms with Crippen molar-refractivity contribution in [3.05, 3.63) is 41.2 Å². The van der Waals surface area contributed by atoms with Crippen LogP contribution in [-0.2, 0) is 20.7 Å². The van der Waals surface area contributed by atoms with E-state index in [-0.39, 0.29) is 24.7 Å². The highest BCUT2D eigenvalue weighted by Gasteiger charge is 2.43. The first-order chi connectivity index (χ1) is 13.6. The molecule has 0 N–H and O–H groups in total. The summed E-state index contributed by atoms with van der Waals surface area (Å²) in [5, 5.41) is 6.57. The van der Waals surface area contributed by atoms with Crippen molar-refractivity contribution in [2.24, 2.45) is 0 Å². The number of amides is 1. The van der Waals surface area contributed by atoms with Crippen LogP contribution in [0.4, 0.5) is 5.00 Å². The largest absolute Gasteiger partial charge is 0.464 e. The highest BCUT2D eigenvalue weighted by atomic mass is 32.1. The lowest BCUT2D eigenvalue weighted by atomic mass is 10.0. The number of carbonyl (C=O) groups is 3. The first kappa shape index (κ1) is 18.7. The minimum absolute atomic E-state index is 0.155. The molecule has 4 heterocycles. The molecule has 1 atom stereocenters. The van der Waals surface area contributed by atoms with Gasteiger partial charge in [0.1, 0.15) is 5.00 Å². The lowest BCUT2D eigenvalue weighted by molar-refractivity contribution is -0.149. The van der Waals surface area contributed by atoms with Gasteiger partial charge in [0.25, 0.3) is 5.91 Å². The minimum atomic E-state index is -0.974. The van der Waals surface area contributed by atoms with Crippen molar-refractivity contribution in [1.82, 2.24) is 9.91 Å². The summed E-state index contributed by atoms with van der Waals surface area (Å²) < 4.78 is 10.4. The molecule has 148 valence electrons. The molecule has 2 aromatic heterocycles. The molecule has 1 saturated heterocycles. The predicted molar refractivity (Wildman–Crippen MR) is 102 cm³/mol. The quantitative estimate of drug-likeness (QED) is 0.566. The standard InChI is InChI=1S/C19H21N3O5S/c1-2-26-19(25)16-14(23)12-13-5-11-28-18(13)22(16)21-8-6-20(7-9-21)17(24)15-4-3-10-27-15/h3-5,10-11,16H,2,6-9,12H2,1H3. The lowest BCUT2D eigenvalue weighted by Crippen LogP contribution is -2.63. The number of hydrogen-bond donors (Lipinski definition) is 0. The van der Waals surface area contributed by atoms with Crippen LogP contribution >= 0.6 is 11.3 Å². The zero-order valence-electron chi connectivity index (χ0n) is 15.5. The smallest absolute Gasteiger partial charge is 0.338 e. The number of thiophene rings is 1. The van der Waals surface area contributed by atoms with Crippen molar-refractivity contribution in [3.63, 3.8) is 0 Å². The van der Waals surface area contributed by atoms with Crippen LogP contribution in [0.3, 0.4) is 0 Å². The highest BCUT2D eigenvalue weighted by Crippen LogP contribution is 2.36. The Morgan fingerprint density at radius 2 is 2.04 bits per heavy atom. The average Bonchev–Trinajstić information content (AvgIpc) is 3.38. The fourth-order valence-electron chi connectivity index (χ4n) is 3.62.